The topological polar surface area (TPSA) is 74.8 Å². The van der Waals surface area contributed by atoms with E-state index in [2.05, 4.69) is 24.8 Å². The monoisotopic (exact) mass is 353 g/mol. The molecule has 1 N–H and O–H groups in total. The standard InChI is InChI=1S/C18H16ClN5O/c19-16-4-3-12(8-21-16)10-24-7-5-15-14(11-24)18(25)23-17(22-15)13-2-1-6-20-9-13/h1-4,6,8-9H,5,7,10-11H2,(H,22,23,25). The smallest absolute Gasteiger partial charge is 0.255 e. The van der Waals surface area contributed by atoms with Crippen molar-refractivity contribution in [3.63, 3.8) is 0 Å². The van der Waals surface area contributed by atoms with Crippen LogP contribution in [0.4, 0.5) is 0 Å². The number of aromatic amines is 1. The molecule has 0 spiro atoms. The predicted octanol–water partition coefficient (Wildman–Crippen LogP) is 2.44. The Kier molecular flexibility index (Phi) is 4.29. The molecule has 126 valence electrons. The number of rotatable bonds is 3. The highest BCUT2D eigenvalue weighted by Crippen LogP contribution is 2.19. The van der Waals surface area contributed by atoms with Crippen LogP contribution >= 0.6 is 11.6 Å². The molecule has 1 aliphatic rings. The molecular formula is C18H16ClN5O. The largest absolute Gasteiger partial charge is 0.306 e. The van der Waals surface area contributed by atoms with Crippen molar-refractivity contribution >= 4 is 11.6 Å². The molecule has 0 aromatic carbocycles. The SMILES string of the molecule is O=c1[nH]c(-c2cccnc2)nc2c1CN(Cc1ccc(Cl)nc1)CC2. The molecule has 4 rings (SSSR count). The van der Waals surface area contributed by atoms with Crippen LogP contribution in [0.15, 0.2) is 47.7 Å². The van der Waals surface area contributed by atoms with E-state index in [4.69, 9.17) is 11.6 Å². The Morgan fingerprint density at radius 2 is 2.16 bits per heavy atom. The van der Waals surface area contributed by atoms with Gasteiger partial charge in [0, 0.05) is 50.2 Å². The summed E-state index contributed by atoms with van der Waals surface area (Å²) >= 11 is 5.82. The molecule has 4 heterocycles. The van der Waals surface area contributed by atoms with Crippen molar-refractivity contribution in [2.24, 2.45) is 0 Å². The van der Waals surface area contributed by atoms with Crippen molar-refractivity contribution < 1.29 is 0 Å². The van der Waals surface area contributed by atoms with Crippen LogP contribution in [0.25, 0.3) is 11.4 Å². The Labute approximate surface area is 149 Å². The molecule has 0 saturated carbocycles. The van der Waals surface area contributed by atoms with E-state index in [0.717, 1.165) is 41.9 Å². The number of aromatic nitrogens is 4. The highest BCUT2D eigenvalue weighted by atomic mass is 35.5. The fourth-order valence-corrected chi connectivity index (χ4v) is 3.13. The molecule has 0 atom stereocenters. The van der Waals surface area contributed by atoms with Crippen LogP contribution < -0.4 is 5.56 Å². The highest BCUT2D eigenvalue weighted by Gasteiger charge is 2.21. The number of hydrogen-bond donors (Lipinski definition) is 1. The molecule has 1 aliphatic heterocycles. The van der Waals surface area contributed by atoms with E-state index in [1.807, 2.05) is 18.2 Å². The van der Waals surface area contributed by atoms with Crippen LogP contribution in [0.5, 0.6) is 0 Å². The predicted molar refractivity (Wildman–Crippen MR) is 95.2 cm³/mol. The quantitative estimate of drug-likeness (QED) is 0.732. The maximum Gasteiger partial charge on any atom is 0.255 e. The lowest BCUT2D eigenvalue weighted by molar-refractivity contribution is 0.241. The second kappa shape index (κ2) is 6.74. The Morgan fingerprint density at radius 1 is 1.24 bits per heavy atom. The van der Waals surface area contributed by atoms with Gasteiger partial charge in [-0.2, -0.15) is 0 Å². The molecule has 0 unspecified atom stereocenters. The number of nitrogens with zero attached hydrogens (tertiary/aromatic N) is 4. The normalized spacial score (nSPS) is 14.3. The first-order valence-electron chi connectivity index (χ1n) is 8.04. The molecule has 25 heavy (non-hydrogen) atoms. The van der Waals surface area contributed by atoms with Crippen molar-refractivity contribution in [2.75, 3.05) is 6.54 Å². The lowest BCUT2D eigenvalue weighted by Crippen LogP contribution is -2.35. The van der Waals surface area contributed by atoms with E-state index in [9.17, 15) is 4.79 Å². The van der Waals surface area contributed by atoms with Gasteiger partial charge in [-0.25, -0.2) is 9.97 Å². The van der Waals surface area contributed by atoms with Gasteiger partial charge in [0.1, 0.15) is 11.0 Å². The Morgan fingerprint density at radius 3 is 2.92 bits per heavy atom. The molecule has 7 heteroatoms. The third-order valence-electron chi connectivity index (χ3n) is 4.28. The minimum atomic E-state index is -0.0808. The number of hydrogen-bond acceptors (Lipinski definition) is 5. The number of nitrogens with one attached hydrogen (secondary N) is 1. The summed E-state index contributed by atoms with van der Waals surface area (Å²) in [6.07, 6.45) is 5.91. The summed E-state index contributed by atoms with van der Waals surface area (Å²) in [6, 6.07) is 7.46. The third kappa shape index (κ3) is 3.45. The van der Waals surface area contributed by atoms with E-state index >= 15 is 0 Å². The molecule has 3 aromatic rings. The van der Waals surface area contributed by atoms with E-state index in [1.165, 1.54) is 0 Å². The molecule has 0 amide bonds. The van der Waals surface area contributed by atoms with Gasteiger partial charge in [-0.05, 0) is 23.8 Å². The number of halogens is 1. The molecule has 0 fully saturated rings. The average Bonchev–Trinajstić information content (AvgIpc) is 2.65. The molecule has 6 nitrogen and oxygen atoms in total. The van der Waals surface area contributed by atoms with Crippen LogP contribution in [0.2, 0.25) is 5.15 Å². The zero-order valence-corrected chi connectivity index (χ0v) is 14.2. The van der Waals surface area contributed by atoms with Gasteiger partial charge in [-0.3, -0.25) is 14.7 Å². The second-order valence-electron chi connectivity index (χ2n) is 6.03. The zero-order chi connectivity index (χ0) is 17.2. The molecule has 0 radical (unpaired) electrons. The number of fused-ring (bicyclic) bond motifs is 1. The van der Waals surface area contributed by atoms with Crippen LogP contribution in [0.3, 0.4) is 0 Å². The first-order chi connectivity index (χ1) is 12.2. The zero-order valence-electron chi connectivity index (χ0n) is 13.4. The highest BCUT2D eigenvalue weighted by molar-refractivity contribution is 6.29. The van der Waals surface area contributed by atoms with Gasteiger partial charge in [0.25, 0.3) is 5.56 Å². The number of pyridine rings is 2. The van der Waals surface area contributed by atoms with Crippen LogP contribution in [0.1, 0.15) is 16.8 Å². The Balaban J connectivity index is 1.57. The van der Waals surface area contributed by atoms with Crippen molar-refractivity contribution in [2.45, 2.75) is 19.5 Å². The maximum atomic E-state index is 12.5. The Bertz CT molecular complexity index is 940. The molecular weight excluding hydrogens is 338 g/mol. The molecule has 0 aliphatic carbocycles. The van der Waals surface area contributed by atoms with Crippen LogP contribution in [-0.4, -0.2) is 31.4 Å². The minimum Gasteiger partial charge on any atom is -0.306 e. The fraction of sp³-hybridized carbons (Fsp3) is 0.222. The van der Waals surface area contributed by atoms with Crippen molar-refractivity contribution in [1.29, 1.82) is 0 Å². The van der Waals surface area contributed by atoms with Gasteiger partial charge in [0.2, 0.25) is 0 Å². The van der Waals surface area contributed by atoms with Gasteiger partial charge in [-0.15, -0.1) is 0 Å². The lowest BCUT2D eigenvalue weighted by Gasteiger charge is -2.27. The van der Waals surface area contributed by atoms with Gasteiger partial charge in [-0.1, -0.05) is 17.7 Å². The van der Waals surface area contributed by atoms with Crippen LogP contribution in [0, 0.1) is 0 Å². The van der Waals surface area contributed by atoms with Crippen LogP contribution in [-0.2, 0) is 19.5 Å². The Hall–Kier alpha value is -2.57. The van der Waals surface area contributed by atoms with E-state index in [0.29, 0.717) is 17.5 Å². The van der Waals surface area contributed by atoms with Gasteiger partial charge in [0.15, 0.2) is 0 Å². The van der Waals surface area contributed by atoms with E-state index in [-0.39, 0.29) is 5.56 Å². The summed E-state index contributed by atoms with van der Waals surface area (Å²) in [5.41, 5.74) is 3.41. The van der Waals surface area contributed by atoms with Crippen molar-refractivity contribution in [3.8, 4) is 11.4 Å². The molecule has 0 bridgehead atoms. The van der Waals surface area contributed by atoms with Crippen molar-refractivity contribution in [1.82, 2.24) is 24.8 Å². The number of H-pyrrole nitrogens is 1. The summed E-state index contributed by atoms with van der Waals surface area (Å²) in [5, 5.41) is 0.483. The van der Waals surface area contributed by atoms with Gasteiger partial charge < -0.3 is 4.98 Å². The van der Waals surface area contributed by atoms with E-state index < -0.39 is 0 Å². The minimum absolute atomic E-state index is 0.0808. The fourth-order valence-electron chi connectivity index (χ4n) is 3.01. The summed E-state index contributed by atoms with van der Waals surface area (Å²) < 4.78 is 0. The maximum absolute atomic E-state index is 12.5. The summed E-state index contributed by atoms with van der Waals surface area (Å²) in [7, 11) is 0. The molecule has 0 saturated heterocycles. The lowest BCUT2D eigenvalue weighted by atomic mass is 10.1. The van der Waals surface area contributed by atoms with Gasteiger partial charge in [0.05, 0.1) is 11.3 Å². The third-order valence-corrected chi connectivity index (χ3v) is 4.50. The molecule has 3 aromatic heterocycles. The summed E-state index contributed by atoms with van der Waals surface area (Å²) in [5.74, 6) is 0.576. The first kappa shape index (κ1) is 15.9. The van der Waals surface area contributed by atoms with Crippen molar-refractivity contribution in [3.05, 3.63) is 75.2 Å². The summed E-state index contributed by atoms with van der Waals surface area (Å²) in [4.78, 5) is 30.5. The van der Waals surface area contributed by atoms with E-state index in [1.54, 1.807) is 24.7 Å². The summed E-state index contributed by atoms with van der Waals surface area (Å²) in [6.45, 7) is 2.15. The average molecular weight is 354 g/mol. The first-order valence-corrected chi connectivity index (χ1v) is 8.42. The van der Waals surface area contributed by atoms with Gasteiger partial charge >= 0.3 is 0 Å². The second-order valence-corrected chi connectivity index (χ2v) is 6.42.